The van der Waals surface area contributed by atoms with Gasteiger partial charge in [-0.15, -0.1) is 0 Å². The maximum atomic E-state index is 12.3. The molecule has 0 aliphatic heterocycles. The summed E-state index contributed by atoms with van der Waals surface area (Å²) in [6.07, 6.45) is 1.38. The van der Waals surface area contributed by atoms with Gasteiger partial charge >= 0.3 is 11.9 Å². The van der Waals surface area contributed by atoms with Gasteiger partial charge in [0.15, 0.2) is 23.9 Å². The highest BCUT2D eigenvalue weighted by atomic mass is 16.6. The summed E-state index contributed by atoms with van der Waals surface area (Å²) in [5, 5.41) is 15.2. The van der Waals surface area contributed by atoms with E-state index < -0.39 is 16.8 Å². The zero-order valence-corrected chi connectivity index (χ0v) is 17.2. The molecule has 0 aliphatic carbocycles. The van der Waals surface area contributed by atoms with Crippen LogP contribution in [0.1, 0.15) is 23.0 Å². The first-order chi connectivity index (χ1) is 15.4. The Morgan fingerprint density at radius 1 is 1.19 bits per heavy atom. The molecule has 32 heavy (non-hydrogen) atoms. The molecule has 0 atom stereocenters. The van der Waals surface area contributed by atoms with E-state index in [1.807, 2.05) is 0 Å². The molecule has 0 saturated heterocycles. The molecular formula is C21H19N3O8. The summed E-state index contributed by atoms with van der Waals surface area (Å²) < 4.78 is 20.8. The molecule has 1 N–H and O–H groups in total. The number of nitro groups is 1. The molecular weight excluding hydrogens is 422 g/mol. The normalized spacial score (nSPS) is 10.8. The number of carbonyl (C=O) groups excluding carboxylic acids is 2. The summed E-state index contributed by atoms with van der Waals surface area (Å²) in [5.74, 6) is -0.455. The Hall–Kier alpha value is -4.41. The van der Waals surface area contributed by atoms with E-state index in [2.05, 4.69) is 10.5 Å². The lowest BCUT2D eigenvalue weighted by atomic mass is 10.2. The van der Waals surface area contributed by atoms with E-state index in [1.54, 1.807) is 25.1 Å². The van der Waals surface area contributed by atoms with Crippen LogP contribution in [0, 0.1) is 10.1 Å². The van der Waals surface area contributed by atoms with Gasteiger partial charge < -0.3 is 18.6 Å². The molecule has 3 aromatic rings. The molecule has 0 spiro atoms. The van der Waals surface area contributed by atoms with Gasteiger partial charge in [-0.25, -0.2) is 10.2 Å². The van der Waals surface area contributed by atoms with Crippen molar-refractivity contribution in [1.29, 1.82) is 0 Å². The highest BCUT2D eigenvalue weighted by Gasteiger charge is 2.15. The minimum Gasteiger partial charge on any atom is -0.493 e. The van der Waals surface area contributed by atoms with Crippen LogP contribution < -0.4 is 14.9 Å². The molecule has 11 heteroatoms. The molecule has 0 bridgehead atoms. The predicted octanol–water partition coefficient (Wildman–Crippen LogP) is 3.06. The molecule has 1 heterocycles. The molecule has 11 nitrogen and oxygen atoms in total. The lowest BCUT2D eigenvalue weighted by Crippen LogP contribution is -2.16. The molecule has 3 rings (SSSR count). The van der Waals surface area contributed by atoms with Crippen LogP contribution in [0.3, 0.4) is 0 Å². The SMILES string of the molecule is CCOC(=O)COc1ccc(/C=N/NC(=O)c2cc3cc([N+](=O)[O-])ccc3o2)cc1OC. The maximum Gasteiger partial charge on any atom is 0.344 e. The van der Waals surface area contributed by atoms with Gasteiger partial charge in [0.05, 0.1) is 24.9 Å². The van der Waals surface area contributed by atoms with Gasteiger partial charge in [0, 0.05) is 17.5 Å². The minimum atomic E-state index is -0.624. The van der Waals surface area contributed by atoms with E-state index in [0.717, 1.165) is 0 Å². The Morgan fingerprint density at radius 3 is 2.72 bits per heavy atom. The summed E-state index contributed by atoms with van der Waals surface area (Å²) in [4.78, 5) is 34.0. The fraction of sp³-hybridized carbons (Fsp3) is 0.190. The van der Waals surface area contributed by atoms with Crippen molar-refractivity contribution in [3.63, 3.8) is 0 Å². The third-order valence-electron chi connectivity index (χ3n) is 4.15. The highest BCUT2D eigenvalue weighted by Crippen LogP contribution is 2.27. The van der Waals surface area contributed by atoms with Crippen molar-refractivity contribution in [2.45, 2.75) is 6.92 Å². The zero-order chi connectivity index (χ0) is 23.1. The second-order valence-corrected chi connectivity index (χ2v) is 6.29. The van der Waals surface area contributed by atoms with Crippen molar-refractivity contribution in [2.24, 2.45) is 5.10 Å². The number of furan rings is 1. The minimum absolute atomic E-state index is 0.0436. The number of methoxy groups -OCH3 is 1. The molecule has 1 aromatic heterocycles. The van der Waals surface area contributed by atoms with Crippen LogP contribution in [-0.4, -0.2) is 43.3 Å². The van der Waals surface area contributed by atoms with E-state index in [1.165, 1.54) is 37.6 Å². The molecule has 0 radical (unpaired) electrons. The largest absolute Gasteiger partial charge is 0.493 e. The summed E-state index contributed by atoms with van der Waals surface area (Å²) >= 11 is 0. The van der Waals surface area contributed by atoms with Crippen molar-refractivity contribution >= 4 is 34.7 Å². The van der Waals surface area contributed by atoms with E-state index in [4.69, 9.17) is 18.6 Å². The average molecular weight is 441 g/mol. The first kappa shape index (κ1) is 22.3. The first-order valence-corrected chi connectivity index (χ1v) is 9.39. The summed E-state index contributed by atoms with van der Waals surface area (Å²) in [5.41, 5.74) is 3.15. The van der Waals surface area contributed by atoms with Gasteiger partial charge in [-0.2, -0.15) is 5.10 Å². The van der Waals surface area contributed by atoms with Gasteiger partial charge in [0.25, 0.3) is 5.69 Å². The van der Waals surface area contributed by atoms with Gasteiger partial charge in [-0.05, 0) is 42.8 Å². The second kappa shape index (κ2) is 10.1. The molecule has 0 unspecified atom stereocenters. The van der Waals surface area contributed by atoms with Gasteiger partial charge in [0.2, 0.25) is 0 Å². The van der Waals surface area contributed by atoms with E-state index in [9.17, 15) is 19.7 Å². The Labute approximate surface area is 181 Å². The molecule has 0 fully saturated rings. The van der Waals surface area contributed by atoms with Gasteiger partial charge in [-0.1, -0.05) is 0 Å². The summed E-state index contributed by atoms with van der Waals surface area (Å²) in [6, 6.07) is 10.3. The Morgan fingerprint density at radius 2 is 2.00 bits per heavy atom. The number of nitrogens with zero attached hydrogens (tertiary/aromatic N) is 2. The standard InChI is InChI=1S/C21H19N3O8/c1-3-30-20(25)12-31-17-6-4-13(8-18(17)29-2)11-22-23-21(26)19-10-14-9-15(24(27)28)5-7-16(14)32-19/h4-11H,3,12H2,1-2H3,(H,23,26)/b22-11+. The Balaban J connectivity index is 1.64. The number of carbonyl (C=O) groups is 2. The van der Waals surface area contributed by atoms with Crippen molar-refractivity contribution in [3.8, 4) is 11.5 Å². The van der Waals surface area contributed by atoms with E-state index in [0.29, 0.717) is 28.0 Å². The van der Waals surface area contributed by atoms with Crippen LogP contribution in [0.5, 0.6) is 11.5 Å². The fourth-order valence-corrected chi connectivity index (χ4v) is 2.70. The quantitative estimate of drug-likeness (QED) is 0.231. The van der Waals surface area contributed by atoms with Crippen molar-refractivity contribution in [2.75, 3.05) is 20.3 Å². The van der Waals surface area contributed by atoms with E-state index in [-0.39, 0.29) is 24.7 Å². The number of hydrazone groups is 1. The van der Waals surface area contributed by atoms with Crippen molar-refractivity contribution < 1.29 is 33.1 Å². The number of nitrogens with one attached hydrogen (secondary N) is 1. The number of amides is 1. The molecule has 0 aliphatic rings. The van der Waals surface area contributed by atoms with Crippen molar-refractivity contribution in [1.82, 2.24) is 5.43 Å². The number of esters is 1. The number of ether oxygens (including phenoxy) is 3. The van der Waals surface area contributed by atoms with Crippen molar-refractivity contribution in [3.05, 3.63) is 63.9 Å². The monoisotopic (exact) mass is 441 g/mol. The van der Waals surface area contributed by atoms with E-state index >= 15 is 0 Å². The number of nitro benzene ring substituents is 1. The van der Waals surface area contributed by atoms with Gasteiger partial charge in [0.1, 0.15) is 5.58 Å². The topological polar surface area (TPSA) is 143 Å². The first-order valence-electron chi connectivity index (χ1n) is 9.39. The average Bonchev–Trinajstić information content (AvgIpc) is 3.21. The van der Waals surface area contributed by atoms with Crippen LogP contribution in [0.15, 0.2) is 52.0 Å². The van der Waals surface area contributed by atoms with Crippen LogP contribution in [0.25, 0.3) is 11.0 Å². The van der Waals surface area contributed by atoms with Crippen LogP contribution in [0.4, 0.5) is 5.69 Å². The number of rotatable bonds is 9. The Kier molecular flexibility index (Phi) is 7.01. The maximum absolute atomic E-state index is 12.3. The Bertz CT molecular complexity index is 1190. The number of hydrogen-bond donors (Lipinski definition) is 1. The second-order valence-electron chi connectivity index (χ2n) is 6.29. The summed E-state index contributed by atoms with van der Waals surface area (Å²) in [6.45, 7) is 1.70. The third-order valence-corrected chi connectivity index (χ3v) is 4.15. The third kappa shape index (κ3) is 5.39. The molecule has 1 amide bonds. The molecule has 0 saturated carbocycles. The zero-order valence-electron chi connectivity index (χ0n) is 17.2. The van der Waals surface area contributed by atoms with Crippen LogP contribution in [-0.2, 0) is 9.53 Å². The lowest BCUT2D eigenvalue weighted by molar-refractivity contribution is -0.384. The number of fused-ring (bicyclic) bond motifs is 1. The number of hydrogen-bond acceptors (Lipinski definition) is 9. The molecule has 2 aromatic carbocycles. The van der Waals surface area contributed by atoms with Crippen LogP contribution >= 0.6 is 0 Å². The smallest absolute Gasteiger partial charge is 0.344 e. The number of non-ortho nitro benzene ring substituents is 1. The van der Waals surface area contributed by atoms with Gasteiger partial charge in [-0.3, -0.25) is 14.9 Å². The predicted molar refractivity (Wildman–Crippen MR) is 113 cm³/mol. The lowest BCUT2D eigenvalue weighted by Gasteiger charge is -2.10. The van der Waals surface area contributed by atoms with Crippen LogP contribution in [0.2, 0.25) is 0 Å². The fourth-order valence-electron chi connectivity index (χ4n) is 2.70. The number of benzene rings is 2. The molecule has 166 valence electrons. The highest BCUT2D eigenvalue weighted by molar-refractivity contribution is 5.97. The summed E-state index contributed by atoms with van der Waals surface area (Å²) in [7, 11) is 1.45.